The molecule has 0 saturated heterocycles. The maximum atomic E-state index is 11.2. The van der Waals surface area contributed by atoms with E-state index >= 15 is 0 Å². The van der Waals surface area contributed by atoms with Crippen molar-refractivity contribution >= 4 is 35.4 Å². The molecule has 0 bridgehead atoms. The predicted molar refractivity (Wildman–Crippen MR) is 74.6 cm³/mol. The molecule has 0 radical (unpaired) electrons. The van der Waals surface area contributed by atoms with Crippen molar-refractivity contribution in [3.8, 4) is 0 Å². The number of nitrogens with one attached hydrogen (secondary N) is 1. The van der Waals surface area contributed by atoms with E-state index < -0.39 is 0 Å². The molecule has 0 unspecified atom stereocenters. The third-order valence-corrected chi connectivity index (χ3v) is 3.39. The lowest BCUT2D eigenvalue weighted by Crippen LogP contribution is -2.28. The maximum Gasteiger partial charge on any atom is 0.306 e. The second-order valence-corrected chi connectivity index (χ2v) is 5.64. The first-order valence-corrected chi connectivity index (χ1v) is 8.24. The number of amides is 1. The SMILES string of the molecule is CCSCCC(=O)OCCNC(=O)CCSC. The molecule has 0 aromatic carbocycles. The van der Waals surface area contributed by atoms with Crippen LogP contribution in [0.2, 0.25) is 0 Å². The number of carbonyl (C=O) groups is 2. The van der Waals surface area contributed by atoms with Gasteiger partial charge in [-0.1, -0.05) is 6.92 Å². The summed E-state index contributed by atoms with van der Waals surface area (Å²) in [6.45, 7) is 2.72. The van der Waals surface area contributed by atoms with Crippen molar-refractivity contribution < 1.29 is 14.3 Å². The summed E-state index contributed by atoms with van der Waals surface area (Å²) in [5.74, 6) is 2.45. The van der Waals surface area contributed by atoms with Crippen molar-refractivity contribution in [1.29, 1.82) is 0 Å². The van der Waals surface area contributed by atoms with Gasteiger partial charge in [-0.3, -0.25) is 9.59 Å². The topological polar surface area (TPSA) is 55.4 Å². The first kappa shape index (κ1) is 16.6. The van der Waals surface area contributed by atoms with Crippen molar-refractivity contribution in [3.63, 3.8) is 0 Å². The Bertz CT molecular complexity index is 225. The second-order valence-electron chi connectivity index (χ2n) is 3.26. The number of hydrogen-bond donors (Lipinski definition) is 1. The highest BCUT2D eigenvalue weighted by molar-refractivity contribution is 7.99. The Labute approximate surface area is 112 Å². The highest BCUT2D eigenvalue weighted by Crippen LogP contribution is 2.01. The molecule has 0 rings (SSSR count). The first-order chi connectivity index (χ1) is 8.20. The molecule has 0 aromatic heterocycles. The molecule has 4 nitrogen and oxygen atoms in total. The largest absolute Gasteiger partial charge is 0.464 e. The molecule has 100 valence electrons. The van der Waals surface area contributed by atoms with Crippen LogP contribution in [0.15, 0.2) is 0 Å². The summed E-state index contributed by atoms with van der Waals surface area (Å²) < 4.78 is 4.97. The van der Waals surface area contributed by atoms with E-state index in [4.69, 9.17) is 4.74 Å². The van der Waals surface area contributed by atoms with Gasteiger partial charge >= 0.3 is 5.97 Å². The molecule has 17 heavy (non-hydrogen) atoms. The fraction of sp³-hybridized carbons (Fsp3) is 0.818. The molecular formula is C11H21NO3S2. The Morgan fingerprint density at radius 2 is 2.00 bits per heavy atom. The van der Waals surface area contributed by atoms with Crippen molar-refractivity contribution in [3.05, 3.63) is 0 Å². The van der Waals surface area contributed by atoms with Gasteiger partial charge in [-0.05, 0) is 12.0 Å². The lowest BCUT2D eigenvalue weighted by Gasteiger charge is -2.06. The molecule has 0 aliphatic rings. The van der Waals surface area contributed by atoms with Gasteiger partial charge in [-0.25, -0.2) is 0 Å². The normalized spacial score (nSPS) is 10.0. The van der Waals surface area contributed by atoms with E-state index in [1.807, 2.05) is 6.26 Å². The van der Waals surface area contributed by atoms with Crippen LogP contribution in [0.4, 0.5) is 0 Å². The molecule has 0 aliphatic carbocycles. The minimum atomic E-state index is -0.190. The van der Waals surface area contributed by atoms with Crippen LogP contribution in [0, 0.1) is 0 Å². The van der Waals surface area contributed by atoms with Crippen LogP contribution in [0.3, 0.4) is 0 Å². The quantitative estimate of drug-likeness (QED) is 0.485. The predicted octanol–water partition coefficient (Wildman–Crippen LogP) is 1.54. The zero-order valence-electron chi connectivity index (χ0n) is 10.5. The number of thioether (sulfide) groups is 2. The minimum absolute atomic E-state index is 0.0111. The Hall–Kier alpha value is -0.360. The van der Waals surface area contributed by atoms with Gasteiger partial charge in [0.05, 0.1) is 13.0 Å². The van der Waals surface area contributed by atoms with Crippen LogP contribution in [-0.2, 0) is 14.3 Å². The summed E-state index contributed by atoms with van der Waals surface area (Å²) >= 11 is 3.35. The van der Waals surface area contributed by atoms with E-state index in [0.29, 0.717) is 19.4 Å². The lowest BCUT2D eigenvalue weighted by molar-refractivity contribution is -0.143. The van der Waals surface area contributed by atoms with E-state index in [1.54, 1.807) is 23.5 Å². The molecule has 0 heterocycles. The van der Waals surface area contributed by atoms with E-state index in [1.165, 1.54) is 0 Å². The average molecular weight is 279 g/mol. The van der Waals surface area contributed by atoms with Crippen molar-refractivity contribution in [2.75, 3.05) is 36.7 Å². The van der Waals surface area contributed by atoms with Crippen LogP contribution in [-0.4, -0.2) is 48.5 Å². The Morgan fingerprint density at radius 1 is 1.24 bits per heavy atom. The molecule has 1 amide bonds. The van der Waals surface area contributed by atoms with Crippen LogP contribution < -0.4 is 5.32 Å². The molecule has 0 spiro atoms. The number of rotatable bonds is 10. The van der Waals surface area contributed by atoms with Gasteiger partial charge in [-0.15, -0.1) is 0 Å². The summed E-state index contributed by atoms with van der Waals surface area (Å²) in [5, 5.41) is 2.71. The van der Waals surface area contributed by atoms with Crippen molar-refractivity contribution in [2.24, 2.45) is 0 Å². The smallest absolute Gasteiger partial charge is 0.306 e. The molecule has 6 heteroatoms. The second kappa shape index (κ2) is 12.1. The first-order valence-electron chi connectivity index (χ1n) is 5.69. The van der Waals surface area contributed by atoms with Gasteiger partial charge in [0.15, 0.2) is 0 Å². The third-order valence-electron chi connectivity index (χ3n) is 1.88. The van der Waals surface area contributed by atoms with Crippen LogP contribution in [0.5, 0.6) is 0 Å². The molecule has 0 fully saturated rings. The van der Waals surface area contributed by atoms with Gasteiger partial charge in [-0.2, -0.15) is 23.5 Å². The summed E-state index contributed by atoms with van der Waals surface area (Å²) in [5.41, 5.74) is 0. The Morgan fingerprint density at radius 3 is 2.65 bits per heavy atom. The van der Waals surface area contributed by atoms with Gasteiger partial charge < -0.3 is 10.1 Å². The number of esters is 1. The number of ether oxygens (including phenoxy) is 1. The van der Waals surface area contributed by atoms with Crippen molar-refractivity contribution in [1.82, 2.24) is 5.32 Å². The number of carbonyl (C=O) groups excluding carboxylic acids is 2. The fourth-order valence-corrected chi connectivity index (χ4v) is 2.00. The maximum absolute atomic E-state index is 11.2. The zero-order valence-corrected chi connectivity index (χ0v) is 12.1. The van der Waals surface area contributed by atoms with E-state index in [0.717, 1.165) is 17.3 Å². The van der Waals surface area contributed by atoms with Crippen LogP contribution in [0.1, 0.15) is 19.8 Å². The van der Waals surface area contributed by atoms with Gasteiger partial charge in [0.2, 0.25) is 5.91 Å². The van der Waals surface area contributed by atoms with E-state index in [2.05, 4.69) is 12.2 Å². The summed E-state index contributed by atoms with van der Waals surface area (Å²) in [4.78, 5) is 22.4. The lowest BCUT2D eigenvalue weighted by atomic mass is 10.4. The van der Waals surface area contributed by atoms with Gasteiger partial charge in [0.1, 0.15) is 6.61 Å². The third kappa shape index (κ3) is 11.9. The van der Waals surface area contributed by atoms with Crippen LogP contribution >= 0.6 is 23.5 Å². The molecule has 1 N–H and O–H groups in total. The Kier molecular flexibility index (Phi) is 11.8. The highest BCUT2D eigenvalue weighted by Gasteiger charge is 2.03. The molecule has 0 saturated carbocycles. The standard InChI is InChI=1S/C11H21NO3S2/c1-3-17-9-5-11(14)15-7-6-12-10(13)4-8-16-2/h3-9H2,1-2H3,(H,12,13). The molecule has 0 atom stereocenters. The zero-order chi connectivity index (χ0) is 12.9. The fourth-order valence-electron chi connectivity index (χ4n) is 1.01. The van der Waals surface area contributed by atoms with Gasteiger partial charge in [0, 0.05) is 17.9 Å². The number of hydrogen-bond acceptors (Lipinski definition) is 5. The summed E-state index contributed by atoms with van der Waals surface area (Å²) in [6, 6.07) is 0. The highest BCUT2D eigenvalue weighted by atomic mass is 32.2. The minimum Gasteiger partial charge on any atom is -0.464 e. The van der Waals surface area contributed by atoms with E-state index in [-0.39, 0.29) is 18.5 Å². The summed E-state index contributed by atoms with van der Waals surface area (Å²) in [6.07, 6.45) is 2.92. The molecule has 0 aromatic rings. The van der Waals surface area contributed by atoms with E-state index in [9.17, 15) is 9.59 Å². The molecule has 0 aliphatic heterocycles. The van der Waals surface area contributed by atoms with Gasteiger partial charge in [0.25, 0.3) is 0 Å². The monoisotopic (exact) mass is 279 g/mol. The molecular weight excluding hydrogens is 258 g/mol. The van der Waals surface area contributed by atoms with Crippen molar-refractivity contribution in [2.45, 2.75) is 19.8 Å². The average Bonchev–Trinajstić information content (AvgIpc) is 2.32. The Balaban J connectivity index is 3.32. The van der Waals surface area contributed by atoms with Crippen LogP contribution in [0.25, 0.3) is 0 Å². The summed E-state index contributed by atoms with van der Waals surface area (Å²) in [7, 11) is 0.